The fourth-order valence-corrected chi connectivity index (χ4v) is 5.02. The first kappa shape index (κ1) is 26.6. The average Bonchev–Trinajstić information content (AvgIpc) is 3.25. The molecule has 196 valence electrons. The average molecular weight is 522 g/mol. The van der Waals surface area contributed by atoms with Crippen molar-refractivity contribution in [1.29, 1.82) is 0 Å². The number of ether oxygens (including phenoxy) is 2. The van der Waals surface area contributed by atoms with Crippen LogP contribution in [0.15, 0.2) is 52.8 Å². The number of aryl methyl sites for hydroxylation is 2. The minimum absolute atomic E-state index is 0.0000694. The fraction of sp³-hybridized carbons (Fsp3) is 0.393. The second kappa shape index (κ2) is 11.3. The number of hydrogen-bond acceptors (Lipinski definition) is 7. The summed E-state index contributed by atoms with van der Waals surface area (Å²) in [5.41, 5.74) is 5.05. The molecule has 2 heterocycles. The van der Waals surface area contributed by atoms with Crippen LogP contribution in [0.2, 0.25) is 0 Å². The van der Waals surface area contributed by atoms with Crippen LogP contribution < -0.4 is 20.1 Å². The zero-order valence-corrected chi connectivity index (χ0v) is 23.3. The summed E-state index contributed by atoms with van der Waals surface area (Å²) in [5.74, 6) is 2.56. The number of amides is 1. The molecule has 2 N–H and O–H groups in total. The topological polar surface area (TPSA) is 90.3 Å². The van der Waals surface area contributed by atoms with Crippen molar-refractivity contribution in [2.75, 3.05) is 23.5 Å². The number of aromatic nitrogens is 3. The molecule has 37 heavy (non-hydrogen) atoms. The van der Waals surface area contributed by atoms with Crippen molar-refractivity contribution in [3.05, 3.63) is 64.4 Å². The third kappa shape index (κ3) is 5.77. The lowest BCUT2D eigenvalue weighted by Gasteiger charge is -2.29. The van der Waals surface area contributed by atoms with E-state index in [1.165, 1.54) is 0 Å². The summed E-state index contributed by atoms with van der Waals surface area (Å²) in [6.07, 6.45) is 1.01. The molecular formula is C28H35N5O3S. The number of thioether (sulfide) groups is 1. The molecule has 1 unspecified atom stereocenters. The van der Waals surface area contributed by atoms with Gasteiger partial charge in [0.25, 0.3) is 5.91 Å². The number of anilines is 2. The van der Waals surface area contributed by atoms with Crippen LogP contribution in [0.3, 0.4) is 0 Å². The van der Waals surface area contributed by atoms with Crippen molar-refractivity contribution in [1.82, 2.24) is 14.8 Å². The smallest absolute Gasteiger partial charge is 0.255 e. The Morgan fingerprint density at radius 1 is 1.16 bits per heavy atom. The van der Waals surface area contributed by atoms with Gasteiger partial charge in [0, 0.05) is 17.1 Å². The van der Waals surface area contributed by atoms with Crippen LogP contribution in [0.1, 0.15) is 56.8 Å². The molecule has 8 nitrogen and oxygen atoms in total. The predicted octanol–water partition coefficient (Wildman–Crippen LogP) is 6.12. The van der Waals surface area contributed by atoms with Crippen molar-refractivity contribution < 1.29 is 14.3 Å². The van der Waals surface area contributed by atoms with E-state index in [-0.39, 0.29) is 12.0 Å². The number of methoxy groups -OCH3 is 1. The highest BCUT2D eigenvalue weighted by Gasteiger charge is 2.35. The number of carbonyl (C=O) groups excluding carboxylic acids is 1. The van der Waals surface area contributed by atoms with E-state index in [1.54, 1.807) is 23.6 Å². The molecule has 9 heteroatoms. The number of nitrogens with one attached hydrogen (secondary N) is 2. The molecule has 0 saturated heterocycles. The van der Waals surface area contributed by atoms with Crippen LogP contribution in [-0.2, 0) is 4.79 Å². The van der Waals surface area contributed by atoms with Crippen LogP contribution in [-0.4, -0.2) is 39.6 Å². The summed E-state index contributed by atoms with van der Waals surface area (Å²) >= 11 is 1.60. The number of benzene rings is 2. The Kier molecular flexibility index (Phi) is 8.12. The summed E-state index contributed by atoms with van der Waals surface area (Å²) in [7, 11) is 1.62. The monoisotopic (exact) mass is 521 g/mol. The summed E-state index contributed by atoms with van der Waals surface area (Å²) in [6, 6.07) is 11.2. The lowest BCUT2D eigenvalue weighted by molar-refractivity contribution is -0.113. The van der Waals surface area contributed by atoms with E-state index in [0.717, 1.165) is 40.2 Å². The Bertz CT molecular complexity index is 1330. The molecule has 0 radical (unpaired) electrons. The minimum Gasteiger partial charge on any atom is -0.493 e. The number of carbonyl (C=O) groups is 1. The number of hydrogen-bond donors (Lipinski definition) is 2. The van der Waals surface area contributed by atoms with Gasteiger partial charge in [-0.1, -0.05) is 42.4 Å². The van der Waals surface area contributed by atoms with Gasteiger partial charge in [-0.15, -0.1) is 5.10 Å². The Balaban J connectivity index is 1.79. The third-order valence-corrected chi connectivity index (χ3v) is 7.05. The Labute approximate surface area is 222 Å². The van der Waals surface area contributed by atoms with Crippen molar-refractivity contribution in [2.24, 2.45) is 0 Å². The standard InChI is InChI=1S/C28H35N5O3S/c1-8-13-37-28-31-27-29-19(6)24(26(34)30-21-11-9-17(4)14-18(21)5)25(33(27)32-28)20-10-12-22(36-16(2)3)23(15-20)35-7/h9-12,14-16,25H,8,13H2,1-7H3,(H,30,34)(H,29,31,32). The van der Waals surface area contributed by atoms with Gasteiger partial charge in [-0.05, 0) is 70.4 Å². The van der Waals surface area contributed by atoms with Crippen LogP contribution in [0, 0.1) is 13.8 Å². The van der Waals surface area contributed by atoms with Crippen molar-refractivity contribution in [3.8, 4) is 11.5 Å². The van der Waals surface area contributed by atoms with Crippen LogP contribution in [0.4, 0.5) is 11.6 Å². The second-order valence-electron chi connectivity index (χ2n) is 9.43. The van der Waals surface area contributed by atoms with Gasteiger partial charge in [-0.3, -0.25) is 4.79 Å². The van der Waals surface area contributed by atoms with E-state index in [4.69, 9.17) is 19.6 Å². The minimum atomic E-state index is -0.507. The van der Waals surface area contributed by atoms with Gasteiger partial charge < -0.3 is 20.1 Å². The van der Waals surface area contributed by atoms with E-state index >= 15 is 0 Å². The van der Waals surface area contributed by atoms with Gasteiger partial charge >= 0.3 is 0 Å². The Hall–Kier alpha value is -3.46. The van der Waals surface area contributed by atoms with Gasteiger partial charge in [0.15, 0.2) is 11.5 Å². The highest BCUT2D eigenvalue weighted by Crippen LogP contribution is 2.40. The molecule has 1 amide bonds. The highest BCUT2D eigenvalue weighted by molar-refractivity contribution is 7.99. The summed E-state index contributed by atoms with van der Waals surface area (Å²) in [5, 5.41) is 11.9. The fourth-order valence-electron chi connectivity index (χ4n) is 4.34. The molecule has 1 aliphatic heterocycles. The van der Waals surface area contributed by atoms with Crippen LogP contribution in [0.25, 0.3) is 0 Å². The molecule has 0 saturated carbocycles. The van der Waals surface area contributed by atoms with Crippen molar-refractivity contribution >= 4 is 29.3 Å². The zero-order valence-electron chi connectivity index (χ0n) is 22.5. The van der Waals surface area contributed by atoms with Gasteiger partial charge in [-0.25, -0.2) is 4.68 Å². The molecule has 1 atom stereocenters. The molecule has 0 aliphatic carbocycles. The first-order chi connectivity index (χ1) is 17.7. The molecule has 4 rings (SSSR count). The molecule has 0 fully saturated rings. The zero-order chi connectivity index (χ0) is 26.7. The molecule has 1 aliphatic rings. The maximum absolute atomic E-state index is 13.8. The van der Waals surface area contributed by atoms with E-state index < -0.39 is 6.04 Å². The SMILES string of the molecule is CCCSc1nc2n(n1)C(c1ccc(OC(C)C)c(OC)c1)C(C(=O)Nc1ccc(C)cc1C)=C(C)N2. The third-order valence-electron chi connectivity index (χ3n) is 6.01. The van der Waals surface area contributed by atoms with Gasteiger partial charge in [0.2, 0.25) is 11.1 Å². The van der Waals surface area contributed by atoms with E-state index in [9.17, 15) is 4.79 Å². The van der Waals surface area contributed by atoms with E-state index in [2.05, 4.69) is 23.6 Å². The second-order valence-corrected chi connectivity index (χ2v) is 10.5. The molecule has 2 aromatic carbocycles. The number of nitrogens with zero attached hydrogens (tertiary/aromatic N) is 3. The molecule has 0 bridgehead atoms. The van der Waals surface area contributed by atoms with Crippen molar-refractivity contribution in [2.45, 2.75) is 65.3 Å². The molecule has 3 aromatic rings. The first-order valence-electron chi connectivity index (χ1n) is 12.5. The predicted molar refractivity (Wildman–Crippen MR) is 149 cm³/mol. The molecule has 0 spiro atoms. The van der Waals surface area contributed by atoms with Gasteiger partial charge in [0.05, 0.1) is 18.8 Å². The molecular weight excluding hydrogens is 486 g/mol. The quantitative estimate of drug-likeness (QED) is 0.328. The summed E-state index contributed by atoms with van der Waals surface area (Å²) < 4.78 is 13.4. The summed E-state index contributed by atoms with van der Waals surface area (Å²) in [4.78, 5) is 18.5. The van der Waals surface area contributed by atoms with Crippen LogP contribution in [0.5, 0.6) is 11.5 Å². The maximum Gasteiger partial charge on any atom is 0.255 e. The largest absolute Gasteiger partial charge is 0.493 e. The van der Waals surface area contributed by atoms with Gasteiger partial charge in [0.1, 0.15) is 6.04 Å². The number of rotatable bonds is 9. The van der Waals surface area contributed by atoms with E-state index in [0.29, 0.717) is 28.2 Å². The lowest BCUT2D eigenvalue weighted by atomic mass is 9.94. The Morgan fingerprint density at radius 2 is 1.95 bits per heavy atom. The number of allylic oxidation sites excluding steroid dienone is 1. The van der Waals surface area contributed by atoms with Crippen LogP contribution >= 0.6 is 11.8 Å². The summed E-state index contributed by atoms with van der Waals surface area (Å²) in [6.45, 7) is 12.0. The number of fused-ring (bicyclic) bond motifs is 1. The first-order valence-corrected chi connectivity index (χ1v) is 13.5. The van der Waals surface area contributed by atoms with Crippen molar-refractivity contribution in [3.63, 3.8) is 0 Å². The maximum atomic E-state index is 13.8. The molecule has 1 aromatic heterocycles. The highest BCUT2D eigenvalue weighted by atomic mass is 32.2. The van der Waals surface area contributed by atoms with Gasteiger partial charge in [-0.2, -0.15) is 4.98 Å². The lowest BCUT2D eigenvalue weighted by Crippen LogP contribution is -2.31. The van der Waals surface area contributed by atoms with E-state index in [1.807, 2.05) is 65.0 Å². The normalized spacial score (nSPS) is 14.9. The Morgan fingerprint density at radius 3 is 2.62 bits per heavy atom.